The molecule has 0 aliphatic rings. The average molecular weight is 522 g/mol. The lowest BCUT2D eigenvalue weighted by molar-refractivity contribution is 0.242. The largest absolute Gasteiger partial charge is 0.493 e. The van der Waals surface area contributed by atoms with Gasteiger partial charge in [-0.15, -0.1) is 0 Å². The van der Waals surface area contributed by atoms with Gasteiger partial charge in [-0.2, -0.15) is 0 Å². The molecule has 3 rings (SSSR count). The summed E-state index contributed by atoms with van der Waals surface area (Å²) in [5.74, 6) is 1.51. The molecule has 0 spiro atoms. The lowest BCUT2D eigenvalue weighted by Gasteiger charge is -2.14. The van der Waals surface area contributed by atoms with Gasteiger partial charge < -0.3 is 28.6 Å². The minimum Gasteiger partial charge on any atom is -0.493 e. The summed E-state index contributed by atoms with van der Waals surface area (Å²) in [5, 5.41) is 3.95. The maximum atomic E-state index is 10.6. The van der Waals surface area contributed by atoms with Crippen LogP contribution in [0.4, 0.5) is 0 Å². The van der Waals surface area contributed by atoms with Crippen LogP contribution in [-0.4, -0.2) is 30.8 Å². The zero-order valence-electron chi connectivity index (χ0n) is 20.1. The molecule has 35 heavy (non-hydrogen) atoms. The van der Waals surface area contributed by atoms with Crippen molar-refractivity contribution in [1.29, 1.82) is 0 Å². The van der Waals surface area contributed by atoms with Crippen molar-refractivity contribution >= 4 is 19.9 Å². The van der Waals surface area contributed by atoms with Crippen molar-refractivity contribution in [2.75, 3.05) is 19.8 Å². The molecule has 2 N–H and O–H groups in total. The number of ether oxygens (including phenoxy) is 2. The van der Waals surface area contributed by atoms with Gasteiger partial charge in [-0.05, 0) is 81.1 Å². The fourth-order valence-electron chi connectivity index (χ4n) is 3.55. The van der Waals surface area contributed by atoms with E-state index in [1.165, 1.54) is 0 Å². The van der Waals surface area contributed by atoms with Gasteiger partial charge in [0.05, 0.1) is 36.9 Å². The minimum absolute atomic E-state index is 0.0820. The third-order valence-electron chi connectivity index (χ3n) is 5.16. The highest BCUT2D eigenvalue weighted by atomic mass is 35.5. The summed E-state index contributed by atoms with van der Waals surface area (Å²) < 4.78 is 32.4. The first kappa shape index (κ1) is 27.3. The second-order valence-electron chi connectivity index (χ2n) is 8.37. The molecule has 190 valence electrons. The van der Waals surface area contributed by atoms with Gasteiger partial charge in [0.1, 0.15) is 11.5 Å². The molecular weight excluding hydrogens is 489 g/mol. The molecule has 0 aliphatic heterocycles. The quantitative estimate of drug-likeness (QED) is 0.180. The molecule has 0 fully saturated rings. The minimum atomic E-state index is -2.85. The normalized spacial score (nSPS) is 12.1. The van der Waals surface area contributed by atoms with E-state index in [-0.39, 0.29) is 12.7 Å². The van der Waals surface area contributed by atoms with Gasteiger partial charge >= 0.3 is 8.25 Å². The standard InChI is InChI=1S/C26H33ClNO6P/c1-19(2)34-26-9-6-20(16-24(26)27)5-3-12-32-25-8-7-21(15-23(25)22-10-14-31-18-22)17-28-11-4-13-33-35(29)30/h6-10,14-16,18-19,28,35H,3-5,11-13,17H2,1-2H3,(H,29,30). The third-order valence-corrected chi connectivity index (χ3v) is 5.90. The van der Waals surface area contributed by atoms with E-state index >= 15 is 0 Å². The van der Waals surface area contributed by atoms with E-state index in [0.717, 1.165) is 40.8 Å². The van der Waals surface area contributed by atoms with E-state index in [4.69, 9.17) is 34.9 Å². The van der Waals surface area contributed by atoms with Crippen LogP contribution in [0, 0.1) is 0 Å². The number of rotatable bonds is 15. The molecule has 0 saturated carbocycles. The predicted octanol–water partition coefficient (Wildman–Crippen LogP) is 6.28. The van der Waals surface area contributed by atoms with Crippen molar-refractivity contribution in [3.8, 4) is 22.6 Å². The van der Waals surface area contributed by atoms with Gasteiger partial charge in [-0.1, -0.05) is 23.7 Å². The molecule has 1 aromatic heterocycles. The summed E-state index contributed by atoms with van der Waals surface area (Å²) in [5.41, 5.74) is 4.17. The van der Waals surface area contributed by atoms with Crippen LogP contribution in [0.2, 0.25) is 5.02 Å². The molecule has 0 saturated heterocycles. The Balaban J connectivity index is 1.53. The van der Waals surface area contributed by atoms with Crippen LogP contribution in [0.25, 0.3) is 11.1 Å². The van der Waals surface area contributed by atoms with Crippen LogP contribution in [0.5, 0.6) is 11.5 Å². The fraction of sp³-hybridized carbons (Fsp3) is 0.385. The molecule has 1 heterocycles. The summed E-state index contributed by atoms with van der Waals surface area (Å²) in [7, 11) is -2.85. The van der Waals surface area contributed by atoms with Crippen molar-refractivity contribution in [1.82, 2.24) is 5.32 Å². The van der Waals surface area contributed by atoms with Gasteiger partial charge in [-0.25, -0.2) is 0 Å². The number of hydrogen-bond donors (Lipinski definition) is 2. The molecule has 0 radical (unpaired) electrons. The van der Waals surface area contributed by atoms with Crippen LogP contribution in [0.3, 0.4) is 0 Å². The van der Waals surface area contributed by atoms with Crippen LogP contribution < -0.4 is 14.8 Å². The third kappa shape index (κ3) is 9.36. The van der Waals surface area contributed by atoms with E-state index in [9.17, 15) is 4.57 Å². The summed E-state index contributed by atoms with van der Waals surface area (Å²) >= 11 is 6.35. The maximum absolute atomic E-state index is 10.6. The van der Waals surface area contributed by atoms with Gasteiger partial charge in [0.25, 0.3) is 0 Å². The molecule has 7 nitrogen and oxygen atoms in total. The molecule has 2 aromatic carbocycles. The van der Waals surface area contributed by atoms with Crippen LogP contribution in [0.1, 0.15) is 37.8 Å². The zero-order valence-corrected chi connectivity index (χ0v) is 21.8. The molecule has 0 amide bonds. The van der Waals surface area contributed by atoms with Gasteiger partial charge in [0, 0.05) is 17.7 Å². The predicted molar refractivity (Wildman–Crippen MR) is 139 cm³/mol. The number of nitrogens with one attached hydrogen (secondary N) is 1. The van der Waals surface area contributed by atoms with E-state index in [0.29, 0.717) is 36.9 Å². The van der Waals surface area contributed by atoms with E-state index < -0.39 is 8.25 Å². The van der Waals surface area contributed by atoms with Gasteiger partial charge in [0.2, 0.25) is 0 Å². The first-order chi connectivity index (χ1) is 16.9. The summed E-state index contributed by atoms with van der Waals surface area (Å²) in [4.78, 5) is 8.69. The summed E-state index contributed by atoms with van der Waals surface area (Å²) in [6.45, 7) is 6.13. The monoisotopic (exact) mass is 521 g/mol. The lowest BCUT2D eigenvalue weighted by atomic mass is 10.0. The van der Waals surface area contributed by atoms with Crippen molar-refractivity contribution in [3.63, 3.8) is 0 Å². The average Bonchev–Trinajstić information content (AvgIpc) is 3.35. The highest BCUT2D eigenvalue weighted by Gasteiger charge is 2.10. The lowest BCUT2D eigenvalue weighted by Crippen LogP contribution is -2.16. The second-order valence-corrected chi connectivity index (χ2v) is 9.60. The van der Waals surface area contributed by atoms with Crippen molar-refractivity contribution in [2.45, 2.75) is 45.8 Å². The zero-order chi connectivity index (χ0) is 25.0. The van der Waals surface area contributed by atoms with Crippen LogP contribution >= 0.6 is 19.9 Å². The van der Waals surface area contributed by atoms with Crippen LogP contribution in [0.15, 0.2) is 59.4 Å². The highest BCUT2D eigenvalue weighted by molar-refractivity contribution is 7.32. The molecule has 9 heteroatoms. The topological polar surface area (TPSA) is 90.2 Å². The number of benzene rings is 2. The SMILES string of the molecule is CC(C)Oc1ccc(CCCOc2ccc(CNCCCO[PH](=O)O)cc2-c2ccoc2)cc1Cl. The Morgan fingerprint density at radius 3 is 2.57 bits per heavy atom. The Hall–Kier alpha value is -2.28. The highest BCUT2D eigenvalue weighted by Crippen LogP contribution is 2.32. The van der Waals surface area contributed by atoms with Gasteiger partial charge in [-0.3, -0.25) is 4.57 Å². The molecule has 3 aromatic rings. The molecule has 0 aliphatic carbocycles. The van der Waals surface area contributed by atoms with Crippen molar-refractivity contribution < 1.29 is 27.9 Å². The number of hydrogen-bond acceptors (Lipinski definition) is 6. The van der Waals surface area contributed by atoms with Gasteiger partial charge in [0.15, 0.2) is 0 Å². The maximum Gasteiger partial charge on any atom is 0.316 e. The smallest absolute Gasteiger partial charge is 0.316 e. The fourth-order valence-corrected chi connectivity index (χ4v) is 4.12. The summed E-state index contributed by atoms with van der Waals surface area (Å²) in [6, 6.07) is 13.9. The molecule has 0 bridgehead atoms. The second kappa shape index (κ2) is 14.3. The van der Waals surface area contributed by atoms with Crippen molar-refractivity contribution in [3.05, 3.63) is 71.1 Å². The van der Waals surface area contributed by atoms with Crippen molar-refractivity contribution in [2.24, 2.45) is 0 Å². The number of halogens is 1. The van der Waals surface area contributed by atoms with E-state index in [1.54, 1.807) is 12.5 Å². The van der Waals surface area contributed by atoms with E-state index in [1.807, 2.05) is 50.2 Å². The Kier molecular flexibility index (Phi) is 11.2. The number of aryl methyl sites for hydroxylation is 1. The molecular formula is C26H33ClNO6P. The van der Waals surface area contributed by atoms with E-state index in [2.05, 4.69) is 11.4 Å². The first-order valence-corrected chi connectivity index (χ1v) is 13.4. The molecule has 1 atom stereocenters. The Morgan fingerprint density at radius 1 is 1.06 bits per heavy atom. The first-order valence-electron chi connectivity index (χ1n) is 11.7. The summed E-state index contributed by atoms with van der Waals surface area (Å²) in [6.07, 6.45) is 5.78. The Labute approximate surface area is 212 Å². The Bertz CT molecular complexity index is 1070. The van der Waals surface area contributed by atoms with Crippen LogP contribution in [-0.2, 0) is 22.1 Å². The molecule has 1 unspecified atom stereocenters. The number of furan rings is 1. The Morgan fingerprint density at radius 2 is 1.86 bits per heavy atom.